The van der Waals surface area contributed by atoms with Crippen LogP contribution in [0, 0.1) is 12.7 Å². The highest BCUT2D eigenvalue weighted by molar-refractivity contribution is 6.11. The van der Waals surface area contributed by atoms with Crippen LogP contribution in [0.15, 0.2) is 89.7 Å². The number of carboxylic acid groups (broad SMARTS) is 1. The van der Waals surface area contributed by atoms with E-state index in [1.165, 1.54) is 28.8 Å². The van der Waals surface area contributed by atoms with Crippen LogP contribution < -0.4 is 16.6 Å². The predicted molar refractivity (Wildman–Crippen MR) is 135 cm³/mol. The number of aliphatic carboxylic acids is 1. The van der Waals surface area contributed by atoms with Crippen LogP contribution >= 0.6 is 0 Å². The summed E-state index contributed by atoms with van der Waals surface area (Å²) in [6.45, 7) is 1.98. The summed E-state index contributed by atoms with van der Waals surface area (Å²) in [6, 6.07) is 21.5. The van der Waals surface area contributed by atoms with E-state index in [1.807, 2.05) is 6.07 Å². The van der Waals surface area contributed by atoms with Crippen LogP contribution in [0.3, 0.4) is 0 Å². The van der Waals surface area contributed by atoms with Gasteiger partial charge in [0.05, 0.1) is 16.8 Å². The van der Waals surface area contributed by atoms with Crippen molar-refractivity contribution in [3.8, 4) is 5.69 Å². The van der Waals surface area contributed by atoms with Gasteiger partial charge in [0.25, 0.3) is 5.56 Å². The topological polar surface area (TPSA) is 114 Å². The summed E-state index contributed by atoms with van der Waals surface area (Å²) in [7, 11) is 0. The molecule has 3 aromatic carbocycles. The Hall–Kier alpha value is -4.56. The number of aromatic nitrogens is 1. The number of rotatable bonds is 8. The van der Waals surface area contributed by atoms with Crippen molar-refractivity contribution in [2.24, 2.45) is 0 Å². The molecule has 182 valence electrons. The van der Waals surface area contributed by atoms with E-state index in [0.717, 1.165) is 5.56 Å². The molecule has 0 spiro atoms. The molecule has 7 nitrogen and oxygen atoms in total. The maximum atomic E-state index is 14.4. The van der Waals surface area contributed by atoms with Gasteiger partial charge in [0.1, 0.15) is 17.7 Å². The van der Waals surface area contributed by atoms with Crippen LogP contribution in [0.2, 0.25) is 0 Å². The fourth-order valence-corrected chi connectivity index (χ4v) is 3.94. The molecule has 0 unspecified atom stereocenters. The molecular weight excluding hydrogens is 461 g/mol. The third-order valence-electron chi connectivity index (χ3n) is 5.83. The van der Waals surface area contributed by atoms with Crippen LogP contribution in [0.25, 0.3) is 5.69 Å². The number of anilines is 1. The molecule has 0 fully saturated rings. The smallest absolute Gasteiger partial charge is 0.325 e. The maximum Gasteiger partial charge on any atom is 0.325 e. The molecule has 1 atom stereocenters. The molecule has 0 aliphatic carbocycles. The van der Waals surface area contributed by atoms with Gasteiger partial charge in [-0.3, -0.25) is 24.3 Å². The van der Waals surface area contributed by atoms with E-state index < -0.39 is 29.2 Å². The zero-order valence-electron chi connectivity index (χ0n) is 19.4. The quantitative estimate of drug-likeness (QED) is 0.325. The van der Waals surface area contributed by atoms with E-state index in [2.05, 4.69) is 5.32 Å². The molecule has 0 amide bonds. The SMILES string of the molecule is Cc1ccc(C(=O)c2ccc(=O)n(-c3ccc(CN[C@H](C(=O)O)c4ccccc4)cc3)c2N)c(F)c1. The molecule has 0 bridgehead atoms. The van der Waals surface area contributed by atoms with E-state index in [1.54, 1.807) is 61.5 Å². The molecule has 0 radical (unpaired) electrons. The summed E-state index contributed by atoms with van der Waals surface area (Å²) >= 11 is 0. The zero-order chi connectivity index (χ0) is 25.8. The van der Waals surface area contributed by atoms with E-state index in [-0.39, 0.29) is 23.5 Å². The highest BCUT2D eigenvalue weighted by Gasteiger charge is 2.21. The van der Waals surface area contributed by atoms with E-state index in [0.29, 0.717) is 16.8 Å². The molecule has 1 heterocycles. The summed E-state index contributed by atoms with van der Waals surface area (Å²) in [5.74, 6) is -2.39. The Bertz CT molecular complexity index is 1480. The van der Waals surface area contributed by atoms with Crippen LogP contribution in [-0.2, 0) is 11.3 Å². The Labute approximate surface area is 206 Å². The number of carbonyl (C=O) groups is 2. The van der Waals surface area contributed by atoms with Crippen molar-refractivity contribution < 1.29 is 19.1 Å². The molecule has 4 aromatic rings. The summed E-state index contributed by atoms with van der Waals surface area (Å²) in [5.41, 5.74) is 8.14. The minimum Gasteiger partial charge on any atom is -0.480 e. The third-order valence-corrected chi connectivity index (χ3v) is 5.83. The van der Waals surface area contributed by atoms with Crippen LogP contribution in [0.4, 0.5) is 10.2 Å². The van der Waals surface area contributed by atoms with Crippen molar-refractivity contribution in [2.45, 2.75) is 19.5 Å². The average Bonchev–Trinajstić information content (AvgIpc) is 2.85. The molecule has 8 heteroatoms. The number of hydrogen-bond acceptors (Lipinski definition) is 5. The van der Waals surface area contributed by atoms with E-state index in [4.69, 9.17) is 5.73 Å². The average molecular weight is 486 g/mol. The number of ketones is 1. The Balaban J connectivity index is 1.58. The molecule has 0 saturated heterocycles. The van der Waals surface area contributed by atoms with Crippen molar-refractivity contribution >= 4 is 17.6 Å². The number of nitrogens with one attached hydrogen (secondary N) is 1. The van der Waals surface area contributed by atoms with Gasteiger partial charge in [-0.15, -0.1) is 0 Å². The Morgan fingerprint density at radius 1 is 0.972 bits per heavy atom. The third kappa shape index (κ3) is 5.08. The first kappa shape index (κ1) is 24.6. The monoisotopic (exact) mass is 485 g/mol. The lowest BCUT2D eigenvalue weighted by Gasteiger charge is -2.16. The lowest BCUT2D eigenvalue weighted by molar-refractivity contribution is -0.139. The number of carbonyl (C=O) groups excluding carboxylic acids is 1. The Kier molecular flexibility index (Phi) is 7.07. The number of nitrogens with zero attached hydrogens (tertiary/aromatic N) is 1. The summed E-state index contributed by atoms with van der Waals surface area (Å²) in [6.07, 6.45) is 0. The number of aryl methyl sites for hydroxylation is 1. The summed E-state index contributed by atoms with van der Waals surface area (Å²) in [5, 5.41) is 12.6. The molecule has 0 saturated carbocycles. The normalized spacial score (nSPS) is 11.7. The molecule has 4 rings (SSSR count). The predicted octanol–water partition coefficient (Wildman–Crippen LogP) is 4.01. The highest BCUT2D eigenvalue weighted by atomic mass is 19.1. The molecule has 1 aromatic heterocycles. The van der Waals surface area contributed by atoms with Gasteiger partial charge < -0.3 is 10.8 Å². The first-order valence-corrected chi connectivity index (χ1v) is 11.2. The maximum absolute atomic E-state index is 14.4. The molecule has 0 aliphatic rings. The molecule has 0 aliphatic heterocycles. The van der Waals surface area contributed by atoms with Crippen molar-refractivity contribution in [3.63, 3.8) is 0 Å². The fraction of sp³-hybridized carbons (Fsp3) is 0.107. The number of hydrogen-bond donors (Lipinski definition) is 3. The van der Waals surface area contributed by atoms with E-state index >= 15 is 0 Å². The van der Waals surface area contributed by atoms with Crippen molar-refractivity contribution in [1.29, 1.82) is 0 Å². The van der Waals surface area contributed by atoms with Gasteiger partial charge >= 0.3 is 5.97 Å². The second-order valence-corrected chi connectivity index (χ2v) is 8.35. The van der Waals surface area contributed by atoms with Gasteiger partial charge in [-0.05, 0) is 53.9 Å². The zero-order valence-corrected chi connectivity index (χ0v) is 19.4. The fourth-order valence-electron chi connectivity index (χ4n) is 3.94. The van der Waals surface area contributed by atoms with Gasteiger partial charge in [-0.2, -0.15) is 0 Å². The Morgan fingerprint density at radius 3 is 2.28 bits per heavy atom. The first-order chi connectivity index (χ1) is 17.3. The minimum atomic E-state index is -0.997. The first-order valence-electron chi connectivity index (χ1n) is 11.2. The number of nitrogens with two attached hydrogens (primary N) is 1. The Morgan fingerprint density at radius 2 is 1.64 bits per heavy atom. The van der Waals surface area contributed by atoms with Gasteiger partial charge in [0.2, 0.25) is 0 Å². The second-order valence-electron chi connectivity index (χ2n) is 8.35. The number of halogens is 1. The van der Waals surface area contributed by atoms with Crippen molar-refractivity contribution in [1.82, 2.24) is 9.88 Å². The van der Waals surface area contributed by atoms with Crippen molar-refractivity contribution in [3.05, 3.63) is 129 Å². The number of benzene rings is 3. The second kappa shape index (κ2) is 10.4. The summed E-state index contributed by atoms with van der Waals surface area (Å²) < 4.78 is 15.6. The molecule has 4 N–H and O–H groups in total. The lowest BCUT2D eigenvalue weighted by atomic mass is 10.0. The number of carboxylic acids is 1. The van der Waals surface area contributed by atoms with Gasteiger partial charge in [0, 0.05) is 12.6 Å². The summed E-state index contributed by atoms with van der Waals surface area (Å²) in [4.78, 5) is 37.3. The van der Waals surface area contributed by atoms with Gasteiger partial charge in [-0.1, -0.05) is 48.5 Å². The standard InChI is InChI=1S/C28H24FN3O4/c1-17-7-12-21(23(29)15-17)26(34)22-13-14-24(33)32(27(22)30)20-10-8-18(9-11-20)16-31-25(28(35)36)19-5-3-2-4-6-19/h2-15,25,31H,16,30H2,1H3,(H,35,36)/t25-/m0/s1. The van der Waals surface area contributed by atoms with Crippen LogP contribution in [0.1, 0.15) is 38.7 Å². The molecule has 36 heavy (non-hydrogen) atoms. The number of nitrogen functional groups attached to an aromatic ring is 1. The largest absolute Gasteiger partial charge is 0.480 e. The van der Waals surface area contributed by atoms with Crippen molar-refractivity contribution in [2.75, 3.05) is 5.73 Å². The molecular formula is C28H24FN3O4. The van der Waals surface area contributed by atoms with Gasteiger partial charge in [0.15, 0.2) is 5.78 Å². The van der Waals surface area contributed by atoms with E-state index in [9.17, 15) is 23.9 Å². The van der Waals surface area contributed by atoms with Crippen LogP contribution in [0.5, 0.6) is 0 Å². The highest BCUT2D eigenvalue weighted by Crippen LogP contribution is 2.21. The minimum absolute atomic E-state index is 0.00950. The van der Waals surface area contributed by atoms with Gasteiger partial charge in [-0.25, -0.2) is 4.39 Å². The number of pyridine rings is 1. The van der Waals surface area contributed by atoms with Crippen LogP contribution in [-0.4, -0.2) is 21.4 Å². The lowest BCUT2D eigenvalue weighted by Crippen LogP contribution is -2.28.